The summed E-state index contributed by atoms with van der Waals surface area (Å²) in [4.78, 5) is 9.71. The molecule has 0 amide bonds. The minimum atomic E-state index is -0.606. The van der Waals surface area contributed by atoms with Crippen LogP contribution in [0.1, 0.15) is 0 Å². The topological polar surface area (TPSA) is 121 Å². The van der Waals surface area contributed by atoms with E-state index in [9.17, 15) is 10.1 Å². The van der Waals surface area contributed by atoms with Gasteiger partial charge in [-0.15, -0.1) is 0 Å². The van der Waals surface area contributed by atoms with Crippen molar-refractivity contribution in [2.45, 2.75) is 0 Å². The maximum atomic E-state index is 10.3. The molecule has 1 rings (SSSR count). The quantitative estimate of drug-likeness (QED) is 0.317. The van der Waals surface area contributed by atoms with Gasteiger partial charge in [0.15, 0.2) is 0 Å². The van der Waals surface area contributed by atoms with Crippen LogP contribution in [0.5, 0.6) is 0 Å². The van der Waals surface area contributed by atoms with Crippen LogP contribution in [0.25, 0.3) is 0 Å². The van der Waals surface area contributed by atoms with E-state index < -0.39 is 4.92 Å². The van der Waals surface area contributed by atoms with E-state index in [0.29, 0.717) is 0 Å². The summed E-state index contributed by atoms with van der Waals surface area (Å²) in [7, 11) is 0. The second kappa shape index (κ2) is 2.57. The average molecular weight is 168 g/mol. The van der Waals surface area contributed by atoms with Gasteiger partial charge in [0.2, 0.25) is 0 Å². The summed E-state index contributed by atoms with van der Waals surface area (Å²) < 4.78 is 0. The molecular weight excluding hydrogens is 160 g/mol. The summed E-state index contributed by atoms with van der Waals surface area (Å²) in [6, 6.07) is 2.57. The fraction of sp³-hybridized carbons (Fsp3) is 0. The van der Waals surface area contributed by atoms with Crippen LogP contribution in [-0.4, -0.2) is 4.92 Å². The Morgan fingerprint density at radius 3 is 2.25 bits per heavy atom. The Morgan fingerprint density at radius 2 is 1.75 bits per heavy atom. The highest BCUT2D eigenvalue weighted by Gasteiger charge is 2.14. The molecule has 6 N–H and O–H groups in total. The van der Waals surface area contributed by atoms with Crippen molar-refractivity contribution >= 4 is 22.7 Å². The van der Waals surface area contributed by atoms with E-state index in [0.717, 1.165) is 0 Å². The number of hydrogen-bond acceptors (Lipinski definition) is 5. The highest BCUT2D eigenvalue weighted by atomic mass is 16.6. The smallest absolute Gasteiger partial charge is 0.294 e. The normalized spacial score (nSPS) is 9.67. The van der Waals surface area contributed by atoms with Crippen LogP contribution >= 0.6 is 0 Å². The Kier molecular flexibility index (Phi) is 1.74. The monoisotopic (exact) mass is 168 g/mol. The van der Waals surface area contributed by atoms with E-state index in [1.165, 1.54) is 12.1 Å². The summed E-state index contributed by atoms with van der Waals surface area (Å²) in [5.41, 5.74) is 16.1. The number of anilines is 3. The fourth-order valence-electron chi connectivity index (χ4n) is 0.801. The zero-order valence-electron chi connectivity index (χ0n) is 6.15. The first-order valence-electron chi connectivity index (χ1n) is 3.12. The van der Waals surface area contributed by atoms with Gasteiger partial charge in [0, 0.05) is 6.07 Å². The Balaban J connectivity index is 3.36. The molecule has 0 heterocycles. The molecule has 0 saturated heterocycles. The molecule has 0 spiro atoms. The van der Waals surface area contributed by atoms with Crippen LogP contribution in [0.15, 0.2) is 12.1 Å². The van der Waals surface area contributed by atoms with E-state index in [-0.39, 0.29) is 22.7 Å². The third kappa shape index (κ3) is 1.09. The summed E-state index contributed by atoms with van der Waals surface area (Å²) in [6.45, 7) is 0. The van der Waals surface area contributed by atoms with Crippen LogP contribution < -0.4 is 17.2 Å². The lowest BCUT2D eigenvalue weighted by Crippen LogP contribution is -2.03. The van der Waals surface area contributed by atoms with Gasteiger partial charge < -0.3 is 17.2 Å². The van der Waals surface area contributed by atoms with E-state index in [1.54, 1.807) is 0 Å². The van der Waals surface area contributed by atoms with Gasteiger partial charge in [0.05, 0.1) is 16.3 Å². The molecule has 0 aliphatic heterocycles. The zero-order chi connectivity index (χ0) is 9.30. The maximum absolute atomic E-state index is 10.3. The van der Waals surface area contributed by atoms with Gasteiger partial charge in [-0.3, -0.25) is 10.1 Å². The molecule has 1 aromatic rings. The van der Waals surface area contributed by atoms with E-state index in [1.807, 2.05) is 0 Å². The van der Waals surface area contributed by atoms with Gasteiger partial charge in [-0.25, -0.2) is 0 Å². The lowest BCUT2D eigenvalue weighted by molar-refractivity contribution is -0.383. The lowest BCUT2D eigenvalue weighted by Gasteiger charge is -2.03. The Hall–Kier alpha value is -1.98. The highest BCUT2D eigenvalue weighted by molar-refractivity contribution is 5.83. The van der Waals surface area contributed by atoms with Gasteiger partial charge in [-0.2, -0.15) is 0 Å². The molecule has 0 unspecified atom stereocenters. The molecule has 0 aliphatic carbocycles. The van der Waals surface area contributed by atoms with Crippen molar-refractivity contribution in [3.8, 4) is 0 Å². The van der Waals surface area contributed by atoms with Crippen LogP contribution in [0.3, 0.4) is 0 Å². The van der Waals surface area contributed by atoms with E-state index in [2.05, 4.69) is 0 Å². The number of rotatable bonds is 1. The Morgan fingerprint density at radius 1 is 1.17 bits per heavy atom. The van der Waals surface area contributed by atoms with Crippen molar-refractivity contribution in [1.29, 1.82) is 0 Å². The predicted molar refractivity (Wildman–Crippen MR) is 46.3 cm³/mol. The molecule has 1 aromatic carbocycles. The molecule has 0 bridgehead atoms. The molecular formula is C6H8N4O2. The first kappa shape index (κ1) is 8.12. The molecule has 0 atom stereocenters. The molecule has 0 fully saturated rings. The van der Waals surface area contributed by atoms with Crippen molar-refractivity contribution in [1.82, 2.24) is 0 Å². The van der Waals surface area contributed by atoms with Gasteiger partial charge in [0.1, 0.15) is 5.69 Å². The van der Waals surface area contributed by atoms with Crippen molar-refractivity contribution in [2.75, 3.05) is 17.2 Å². The Labute approximate surface area is 68.1 Å². The molecule has 0 aromatic heterocycles. The minimum absolute atomic E-state index is 0.0594. The third-order valence-corrected chi connectivity index (χ3v) is 1.49. The van der Waals surface area contributed by atoms with Gasteiger partial charge in [-0.1, -0.05) is 0 Å². The first-order chi connectivity index (χ1) is 5.54. The number of nitro benzene ring substituents is 1. The molecule has 0 aliphatic rings. The molecule has 0 radical (unpaired) electrons. The first-order valence-corrected chi connectivity index (χ1v) is 3.12. The second-order valence-corrected chi connectivity index (χ2v) is 2.26. The molecule has 12 heavy (non-hydrogen) atoms. The molecule has 6 nitrogen and oxygen atoms in total. The summed E-state index contributed by atoms with van der Waals surface area (Å²) >= 11 is 0. The number of nitro groups is 1. The van der Waals surface area contributed by atoms with Gasteiger partial charge in [0.25, 0.3) is 5.69 Å². The summed E-state index contributed by atoms with van der Waals surface area (Å²) in [5.74, 6) is 0. The fourth-order valence-corrected chi connectivity index (χ4v) is 0.801. The third-order valence-electron chi connectivity index (χ3n) is 1.49. The summed E-state index contributed by atoms with van der Waals surface area (Å²) in [5, 5.41) is 10.3. The van der Waals surface area contributed by atoms with Gasteiger partial charge >= 0.3 is 0 Å². The number of hydrogen-bond donors (Lipinski definition) is 3. The highest BCUT2D eigenvalue weighted by Crippen LogP contribution is 2.31. The second-order valence-electron chi connectivity index (χ2n) is 2.26. The maximum Gasteiger partial charge on any atom is 0.294 e. The predicted octanol–water partition coefficient (Wildman–Crippen LogP) is 0.341. The van der Waals surface area contributed by atoms with E-state index >= 15 is 0 Å². The summed E-state index contributed by atoms with van der Waals surface area (Å²) in [6.07, 6.45) is 0. The number of nitrogens with two attached hydrogens (primary N) is 3. The van der Waals surface area contributed by atoms with Crippen LogP contribution in [0.2, 0.25) is 0 Å². The van der Waals surface area contributed by atoms with Crippen molar-refractivity contribution in [3.63, 3.8) is 0 Å². The lowest BCUT2D eigenvalue weighted by atomic mass is 10.2. The van der Waals surface area contributed by atoms with Crippen molar-refractivity contribution in [3.05, 3.63) is 22.2 Å². The molecule has 0 saturated carbocycles. The standard InChI is InChI=1S/C6H8N4O2/c7-3-1-2-4(10(11)12)6(9)5(3)8/h1-2H,7-9H2. The Bertz CT molecular complexity index is 337. The number of nitrogen functional groups attached to an aromatic ring is 3. The zero-order valence-corrected chi connectivity index (χ0v) is 6.15. The van der Waals surface area contributed by atoms with Crippen LogP contribution in [0.4, 0.5) is 22.7 Å². The van der Waals surface area contributed by atoms with Crippen molar-refractivity contribution in [2.24, 2.45) is 0 Å². The average Bonchev–Trinajstić information content (AvgIpc) is 2.00. The SMILES string of the molecule is Nc1ccc([N+](=O)[O-])c(N)c1N. The van der Waals surface area contributed by atoms with Gasteiger partial charge in [-0.05, 0) is 6.07 Å². The minimum Gasteiger partial charge on any atom is -0.397 e. The van der Waals surface area contributed by atoms with Crippen molar-refractivity contribution < 1.29 is 4.92 Å². The number of benzene rings is 1. The largest absolute Gasteiger partial charge is 0.397 e. The molecule has 64 valence electrons. The van der Waals surface area contributed by atoms with Crippen LogP contribution in [0, 0.1) is 10.1 Å². The number of nitrogens with zero attached hydrogens (tertiary/aromatic N) is 1. The van der Waals surface area contributed by atoms with E-state index in [4.69, 9.17) is 17.2 Å². The molecule has 6 heteroatoms. The van der Waals surface area contributed by atoms with Crippen LogP contribution in [-0.2, 0) is 0 Å².